The fourth-order valence-corrected chi connectivity index (χ4v) is 2.97. The van der Waals surface area contributed by atoms with Crippen LogP contribution in [0.25, 0.3) is 0 Å². The van der Waals surface area contributed by atoms with Gasteiger partial charge in [-0.3, -0.25) is 4.99 Å². The second-order valence-electron chi connectivity index (χ2n) is 3.79. The second-order valence-corrected chi connectivity index (χ2v) is 5.60. The highest BCUT2D eigenvalue weighted by Crippen LogP contribution is 2.18. The van der Waals surface area contributed by atoms with Crippen LogP contribution in [0.2, 0.25) is 0 Å². The van der Waals surface area contributed by atoms with Gasteiger partial charge >= 0.3 is 0 Å². The summed E-state index contributed by atoms with van der Waals surface area (Å²) in [5, 5.41) is 0. The van der Waals surface area contributed by atoms with Crippen LogP contribution >= 0.6 is 0 Å². The summed E-state index contributed by atoms with van der Waals surface area (Å²) in [5.41, 5.74) is 1.01. The molecule has 0 saturated heterocycles. The van der Waals surface area contributed by atoms with E-state index < -0.39 is 10.0 Å². The minimum absolute atomic E-state index is 0.239. The van der Waals surface area contributed by atoms with Crippen molar-refractivity contribution in [3.8, 4) is 0 Å². The molecule has 0 bridgehead atoms. The molecule has 0 N–H and O–H groups in total. The molecule has 1 aromatic rings. The Hall–Kier alpha value is -1.62. The molecule has 0 saturated carbocycles. The van der Waals surface area contributed by atoms with Gasteiger partial charge in [0.05, 0.1) is 4.90 Å². The van der Waals surface area contributed by atoms with Gasteiger partial charge in [-0.15, -0.1) is 0 Å². The quantitative estimate of drug-likeness (QED) is 0.621. The van der Waals surface area contributed by atoms with E-state index in [9.17, 15) is 8.42 Å². The van der Waals surface area contributed by atoms with Gasteiger partial charge < -0.3 is 0 Å². The largest absolute Gasteiger partial charge is 0.275 e. The number of rotatable bonds is 4. The minimum Gasteiger partial charge on any atom is -0.275 e. The van der Waals surface area contributed by atoms with Crippen molar-refractivity contribution in [3.63, 3.8) is 0 Å². The van der Waals surface area contributed by atoms with Gasteiger partial charge in [-0.2, -0.15) is 0 Å². The molecule has 0 aromatic heterocycles. The Bertz CT molecular complexity index is 545. The summed E-state index contributed by atoms with van der Waals surface area (Å²) in [5.74, 6) is 0.463. The molecule has 0 aliphatic heterocycles. The summed E-state index contributed by atoms with van der Waals surface area (Å²) < 4.78 is 25.9. The molecule has 0 amide bonds. The summed E-state index contributed by atoms with van der Waals surface area (Å²) >= 11 is 0. The molecule has 0 radical (unpaired) electrons. The van der Waals surface area contributed by atoms with Crippen LogP contribution in [0.15, 0.2) is 46.9 Å². The van der Waals surface area contributed by atoms with Gasteiger partial charge in [0.25, 0.3) is 10.0 Å². The highest BCUT2D eigenvalue weighted by Gasteiger charge is 2.24. The third-order valence-corrected chi connectivity index (χ3v) is 4.32. The lowest BCUT2D eigenvalue weighted by Crippen LogP contribution is -2.31. The fourth-order valence-electron chi connectivity index (χ4n) is 1.58. The number of nitrogens with zero attached hydrogens (tertiary/aromatic N) is 2. The van der Waals surface area contributed by atoms with Crippen LogP contribution in [0.4, 0.5) is 0 Å². The van der Waals surface area contributed by atoms with E-state index in [0.717, 1.165) is 9.87 Å². The zero-order chi connectivity index (χ0) is 13.8. The van der Waals surface area contributed by atoms with E-state index >= 15 is 0 Å². The SMILES string of the molecule is C=CN(C(CC)=NC)S(=O)(=O)c1ccc(C)cc1. The predicted octanol–water partition coefficient (Wildman–Crippen LogP) is 2.57. The Labute approximate surface area is 109 Å². The lowest BCUT2D eigenvalue weighted by molar-refractivity contribution is 0.561. The maximum Gasteiger partial charge on any atom is 0.269 e. The van der Waals surface area contributed by atoms with E-state index in [1.807, 2.05) is 13.8 Å². The monoisotopic (exact) mass is 266 g/mol. The van der Waals surface area contributed by atoms with E-state index in [1.165, 1.54) is 6.20 Å². The van der Waals surface area contributed by atoms with Gasteiger partial charge in [-0.25, -0.2) is 12.7 Å². The third kappa shape index (κ3) is 2.79. The van der Waals surface area contributed by atoms with E-state index in [4.69, 9.17) is 0 Å². The number of aryl methyl sites for hydroxylation is 1. The number of hydrogen-bond acceptors (Lipinski definition) is 3. The molecule has 1 aromatic carbocycles. The molecular weight excluding hydrogens is 248 g/mol. The highest BCUT2D eigenvalue weighted by atomic mass is 32.2. The summed E-state index contributed by atoms with van der Waals surface area (Å²) in [4.78, 5) is 4.22. The topological polar surface area (TPSA) is 49.7 Å². The smallest absolute Gasteiger partial charge is 0.269 e. The van der Waals surface area contributed by atoms with Crippen molar-refractivity contribution in [1.82, 2.24) is 4.31 Å². The van der Waals surface area contributed by atoms with E-state index in [-0.39, 0.29) is 4.90 Å². The molecule has 0 aliphatic carbocycles. The second kappa shape index (κ2) is 5.82. The van der Waals surface area contributed by atoms with Crippen molar-refractivity contribution >= 4 is 15.9 Å². The molecule has 0 spiro atoms. The third-order valence-electron chi connectivity index (χ3n) is 2.57. The standard InChI is InChI=1S/C13H18N2O2S/c1-5-13(14-4)15(6-2)18(16,17)12-9-7-11(3)8-10-12/h6-10H,2,5H2,1,3-4H3. The Morgan fingerprint density at radius 2 is 1.94 bits per heavy atom. The van der Waals surface area contributed by atoms with Crippen LogP contribution < -0.4 is 0 Å². The van der Waals surface area contributed by atoms with Gasteiger partial charge in [0, 0.05) is 19.7 Å². The Balaban J connectivity index is 3.27. The molecule has 1 rings (SSSR count). The first-order valence-corrected chi connectivity index (χ1v) is 7.10. The van der Waals surface area contributed by atoms with Crippen molar-refractivity contribution < 1.29 is 8.42 Å². The number of hydrogen-bond donors (Lipinski definition) is 0. The number of sulfonamides is 1. The summed E-state index contributed by atoms with van der Waals surface area (Å²) in [6.07, 6.45) is 1.80. The zero-order valence-corrected chi connectivity index (χ0v) is 11.7. The number of amidine groups is 1. The highest BCUT2D eigenvalue weighted by molar-refractivity contribution is 7.89. The molecule has 4 nitrogen and oxygen atoms in total. The van der Waals surface area contributed by atoms with Crippen molar-refractivity contribution in [2.75, 3.05) is 7.05 Å². The summed E-state index contributed by atoms with van der Waals surface area (Å²) in [6.45, 7) is 7.31. The fraction of sp³-hybridized carbons (Fsp3) is 0.308. The lowest BCUT2D eigenvalue weighted by atomic mass is 10.2. The molecule has 18 heavy (non-hydrogen) atoms. The molecule has 5 heteroatoms. The van der Waals surface area contributed by atoms with Gasteiger partial charge in [-0.1, -0.05) is 31.2 Å². The maximum absolute atomic E-state index is 12.4. The van der Waals surface area contributed by atoms with E-state index in [2.05, 4.69) is 11.6 Å². The Kier molecular flexibility index (Phi) is 4.67. The number of aliphatic imine (C=N–C) groups is 1. The predicted molar refractivity (Wildman–Crippen MR) is 74.1 cm³/mol. The molecule has 98 valence electrons. The van der Waals surface area contributed by atoms with Gasteiger partial charge in [-0.05, 0) is 19.1 Å². The lowest BCUT2D eigenvalue weighted by Gasteiger charge is -2.20. The first-order valence-electron chi connectivity index (χ1n) is 5.66. The van der Waals surface area contributed by atoms with E-state index in [0.29, 0.717) is 12.3 Å². The molecule has 0 heterocycles. The number of benzene rings is 1. The Morgan fingerprint density at radius 3 is 2.33 bits per heavy atom. The van der Waals surface area contributed by atoms with Crippen LogP contribution in [0.5, 0.6) is 0 Å². The average Bonchev–Trinajstić information content (AvgIpc) is 2.35. The van der Waals surface area contributed by atoms with Crippen LogP contribution in [0.1, 0.15) is 18.9 Å². The van der Waals surface area contributed by atoms with Crippen molar-refractivity contribution in [2.45, 2.75) is 25.2 Å². The maximum atomic E-state index is 12.4. The van der Waals surface area contributed by atoms with Crippen molar-refractivity contribution in [3.05, 3.63) is 42.6 Å². The van der Waals surface area contributed by atoms with Crippen LogP contribution in [0, 0.1) is 6.92 Å². The summed E-state index contributed by atoms with van der Waals surface area (Å²) in [6, 6.07) is 6.71. The first kappa shape index (κ1) is 14.4. The van der Waals surface area contributed by atoms with Gasteiger partial charge in [0.2, 0.25) is 0 Å². The van der Waals surface area contributed by atoms with E-state index in [1.54, 1.807) is 31.3 Å². The van der Waals surface area contributed by atoms with Crippen molar-refractivity contribution in [2.24, 2.45) is 4.99 Å². The zero-order valence-electron chi connectivity index (χ0n) is 10.9. The molecule has 0 atom stereocenters. The van der Waals surface area contributed by atoms with Gasteiger partial charge in [0.15, 0.2) is 0 Å². The first-order chi connectivity index (χ1) is 8.47. The molecule has 0 aliphatic rings. The summed E-state index contributed by atoms with van der Waals surface area (Å²) in [7, 11) is -2.04. The van der Waals surface area contributed by atoms with Crippen LogP contribution in [0.3, 0.4) is 0 Å². The van der Waals surface area contributed by atoms with Crippen molar-refractivity contribution in [1.29, 1.82) is 0 Å². The normalized spacial score (nSPS) is 12.3. The average molecular weight is 266 g/mol. The Morgan fingerprint density at radius 1 is 1.39 bits per heavy atom. The van der Waals surface area contributed by atoms with Crippen LogP contribution in [-0.2, 0) is 10.0 Å². The minimum atomic E-state index is -3.61. The molecular formula is C13H18N2O2S. The molecule has 0 fully saturated rings. The van der Waals surface area contributed by atoms with Crippen LogP contribution in [-0.4, -0.2) is 25.6 Å². The van der Waals surface area contributed by atoms with Gasteiger partial charge in [0.1, 0.15) is 5.84 Å². The molecule has 0 unspecified atom stereocenters.